The van der Waals surface area contributed by atoms with E-state index in [0.717, 1.165) is 40.4 Å². The van der Waals surface area contributed by atoms with Gasteiger partial charge in [0.2, 0.25) is 5.91 Å². The molecular weight excluding hydrogens is 528 g/mol. The highest BCUT2D eigenvalue weighted by molar-refractivity contribution is 7.98. The van der Waals surface area contributed by atoms with Crippen molar-refractivity contribution in [3.05, 3.63) is 107 Å². The lowest BCUT2D eigenvalue weighted by Gasteiger charge is -2.39. The van der Waals surface area contributed by atoms with E-state index in [4.69, 9.17) is 11.6 Å². The summed E-state index contributed by atoms with van der Waals surface area (Å²) in [5.74, 6) is -0.154. The smallest absolute Gasteiger partial charge is 0.316 e. The number of thioether (sulfide) groups is 1. The molecule has 0 unspecified atom stereocenters. The van der Waals surface area contributed by atoms with E-state index in [1.165, 1.54) is 0 Å². The maximum Gasteiger partial charge on any atom is 0.322 e. The van der Waals surface area contributed by atoms with Crippen molar-refractivity contribution in [2.75, 3.05) is 29.6 Å². The summed E-state index contributed by atoms with van der Waals surface area (Å²) in [6.07, 6.45) is 5.74. The largest absolute Gasteiger partial charge is 0.322 e. The third kappa shape index (κ3) is 5.70. The van der Waals surface area contributed by atoms with Gasteiger partial charge in [-0.2, -0.15) is 0 Å². The van der Waals surface area contributed by atoms with Gasteiger partial charge < -0.3 is 14.8 Å². The Labute approximate surface area is 238 Å². The Morgan fingerprint density at radius 3 is 2.36 bits per heavy atom. The maximum atomic E-state index is 14.2. The number of urea groups is 1. The zero-order valence-electron chi connectivity index (χ0n) is 22.0. The van der Waals surface area contributed by atoms with Gasteiger partial charge in [0, 0.05) is 28.3 Å². The topological polar surface area (TPSA) is 57.6 Å². The van der Waals surface area contributed by atoms with Crippen LogP contribution in [0, 0.1) is 0 Å². The molecule has 3 amide bonds. The first-order valence-electron chi connectivity index (χ1n) is 13.0. The highest BCUT2D eigenvalue weighted by Gasteiger charge is 2.37. The fourth-order valence-electron chi connectivity index (χ4n) is 4.94. The van der Waals surface area contributed by atoms with Crippen molar-refractivity contribution in [2.45, 2.75) is 30.7 Å². The molecule has 0 saturated heterocycles. The molecule has 1 atom stereocenters. The summed E-state index contributed by atoms with van der Waals surface area (Å²) < 4.78 is 2.12. The average Bonchev–Trinajstić information content (AvgIpc) is 3.45. The van der Waals surface area contributed by atoms with Gasteiger partial charge in [0.15, 0.2) is 0 Å². The molecule has 6 nitrogen and oxygen atoms in total. The third-order valence-corrected chi connectivity index (χ3v) is 7.91. The summed E-state index contributed by atoms with van der Waals surface area (Å²) in [5.41, 5.74) is 4.35. The van der Waals surface area contributed by atoms with Gasteiger partial charge in [-0.1, -0.05) is 49.2 Å². The molecule has 8 heteroatoms. The Kier molecular flexibility index (Phi) is 8.29. The molecule has 1 aliphatic heterocycles. The van der Waals surface area contributed by atoms with E-state index in [9.17, 15) is 9.59 Å². The van der Waals surface area contributed by atoms with Crippen LogP contribution in [0.1, 0.15) is 37.1 Å². The number of unbranched alkanes of at least 4 members (excludes halogenated alkanes) is 1. The van der Waals surface area contributed by atoms with Gasteiger partial charge in [-0.3, -0.25) is 9.69 Å². The number of benzene rings is 3. The van der Waals surface area contributed by atoms with Crippen molar-refractivity contribution in [3.8, 4) is 5.69 Å². The highest BCUT2D eigenvalue weighted by Crippen LogP contribution is 2.42. The number of hydrogen-bond donors (Lipinski definition) is 1. The Morgan fingerprint density at radius 2 is 1.67 bits per heavy atom. The van der Waals surface area contributed by atoms with Gasteiger partial charge in [-0.15, -0.1) is 11.8 Å². The van der Waals surface area contributed by atoms with Crippen molar-refractivity contribution in [2.24, 2.45) is 0 Å². The summed E-state index contributed by atoms with van der Waals surface area (Å²) in [5, 5.41) is 3.61. The quantitative estimate of drug-likeness (QED) is 0.226. The molecule has 0 fully saturated rings. The maximum absolute atomic E-state index is 14.2. The van der Waals surface area contributed by atoms with Crippen LogP contribution >= 0.6 is 23.4 Å². The molecule has 0 aliphatic carbocycles. The van der Waals surface area contributed by atoms with Crippen LogP contribution in [-0.4, -0.2) is 40.8 Å². The second-order valence-corrected chi connectivity index (χ2v) is 10.8. The van der Waals surface area contributed by atoms with E-state index in [1.807, 2.05) is 102 Å². The molecule has 5 rings (SSSR count). The summed E-state index contributed by atoms with van der Waals surface area (Å²) >= 11 is 7.85. The lowest BCUT2D eigenvalue weighted by Crippen LogP contribution is -2.48. The number of halogens is 1. The number of hydrogen-bond acceptors (Lipinski definition) is 3. The molecule has 0 bridgehead atoms. The molecule has 1 N–H and O–H groups in total. The molecule has 3 aromatic carbocycles. The van der Waals surface area contributed by atoms with Crippen molar-refractivity contribution >= 4 is 46.7 Å². The average molecular weight is 559 g/mol. The minimum absolute atomic E-state index is 0.0478. The van der Waals surface area contributed by atoms with Crippen LogP contribution in [-0.2, 0) is 4.79 Å². The van der Waals surface area contributed by atoms with Gasteiger partial charge in [0.1, 0.15) is 12.6 Å². The van der Waals surface area contributed by atoms with Gasteiger partial charge in [0.25, 0.3) is 0 Å². The second-order valence-electron chi connectivity index (χ2n) is 9.44. The van der Waals surface area contributed by atoms with E-state index in [1.54, 1.807) is 16.7 Å². The van der Waals surface area contributed by atoms with E-state index in [-0.39, 0.29) is 24.5 Å². The van der Waals surface area contributed by atoms with Crippen LogP contribution in [0.3, 0.4) is 0 Å². The SMILES string of the molecule is CCCCN(CC(=O)N1c2ccccc2-n2cccc2[C@H]1c1ccc(Cl)cc1)C(=O)Nc1ccc(SC)cc1. The van der Waals surface area contributed by atoms with Crippen molar-refractivity contribution in [3.63, 3.8) is 0 Å². The molecule has 200 valence electrons. The fraction of sp³-hybridized carbons (Fsp3) is 0.226. The first kappa shape index (κ1) is 26.9. The zero-order valence-corrected chi connectivity index (χ0v) is 23.6. The summed E-state index contributed by atoms with van der Waals surface area (Å²) in [7, 11) is 0. The van der Waals surface area contributed by atoms with Gasteiger partial charge >= 0.3 is 6.03 Å². The molecular formula is C31H31ClN4O2S. The highest BCUT2D eigenvalue weighted by atomic mass is 35.5. The van der Waals surface area contributed by atoms with E-state index in [0.29, 0.717) is 17.3 Å². The van der Waals surface area contributed by atoms with E-state index >= 15 is 0 Å². The minimum Gasteiger partial charge on any atom is -0.316 e. The van der Waals surface area contributed by atoms with Gasteiger partial charge in [0.05, 0.1) is 17.1 Å². The van der Waals surface area contributed by atoms with Crippen LogP contribution in [0.2, 0.25) is 5.02 Å². The lowest BCUT2D eigenvalue weighted by molar-refractivity contribution is -0.119. The Morgan fingerprint density at radius 1 is 0.949 bits per heavy atom. The summed E-state index contributed by atoms with van der Waals surface area (Å²) in [6.45, 7) is 2.51. The van der Waals surface area contributed by atoms with Gasteiger partial charge in [-0.05, 0) is 78.9 Å². The fourth-order valence-corrected chi connectivity index (χ4v) is 5.47. The summed E-state index contributed by atoms with van der Waals surface area (Å²) in [4.78, 5) is 32.2. The van der Waals surface area contributed by atoms with Crippen molar-refractivity contribution in [1.82, 2.24) is 9.47 Å². The Bertz CT molecular complexity index is 1450. The van der Waals surface area contributed by atoms with Crippen LogP contribution in [0.25, 0.3) is 5.69 Å². The number of aromatic nitrogens is 1. The summed E-state index contributed by atoms with van der Waals surface area (Å²) in [6, 6.07) is 26.6. The van der Waals surface area contributed by atoms with E-state index < -0.39 is 0 Å². The Balaban J connectivity index is 1.48. The molecule has 1 aromatic heterocycles. The standard InChI is InChI=1S/C31H31ClN4O2S/c1-3-4-19-34(31(38)33-24-15-17-25(39-2)18-16-24)21-29(37)36-27-9-6-5-8-26(27)35-20-7-10-28(35)30(36)22-11-13-23(32)14-12-22/h5-18,20,30H,3-4,19,21H2,1-2H3,(H,33,38)/t30-/m1/s1. The number of carbonyl (C=O) groups is 2. The number of anilines is 2. The monoisotopic (exact) mass is 558 g/mol. The molecule has 0 spiro atoms. The number of nitrogens with one attached hydrogen (secondary N) is 1. The molecule has 2 heterocycles. The first-order chi connectivity index (χ1) is 19.0. The van der Waals surface area contributed by atoms with Crippen LogP contribution in [0.15, 0.2) is 96.0 Å². The number of para-hydroxylation sites is 2. The van der Waals surface area contributed by atoms with Crippen LogP contribution < -0.4 is 10.2 Å². The molecule has 1 aliphatic rings. The van der Waals surface area contributed by atoms with Crippen molar-refractivity contribution < 1.29 is 9.59 Å². The van der Waals surface area contributed by atoms with E-state index in [2.05, 4.69) is 16.8 Å². The van der Waals surface area contributed by atoms with Crippen LogP contribution in [0.5, 0.6) is 0 Å². The second kappa shape index (κ2) is 12.0. The Hall–Kier alpha value is -3.68. The lowest BCUT2D eigenvalue weighted by atomic mass is 9.97. The number of fused-ring (bicyclic) bond motifs is 3. The number of amides is 3. The third-order valence-electron chi connectivity index (χ3n) is 6.91. The zero-order chi connectivity index (χ0) is 27.4. The molecule has 0 radical (unpaired) electrons. The number of nitrogens with zero attached hydrogens (tertiary/aromatic N) is 3. The van der Waals surface area contributed by atoms with Crippen LogP contribution in [0.4, 0.5) is 16.2 Å². The predicted molar refractivity (Wildman–Crippen MR) is 160 cm³/mol. The predicted octanol–water partition coefficient (Wildman–Crippen LogP) is 7.62. The minimum atomic E-state index is -0.366. The van der Waals surface area contributed by atoms with Gasteiger partial charge in [-0.25, -0.2) is 4.79 Å². The molecule has 0 saturated carbocycles. The van der Waals surface area contributed by atoms with Crippen molar-refractivity contribution in [1.29, 1.82) is 0 Å². The molecule has 39 heavy (non-hydrogen) atoms. The normalized spacial score (nSPS) is 13.9. The first-order valence-corrected chi connectivity index (χ1v) is 14.6. The number of carbonyl (C=O) groups excluding carboxylic acids is 2. The molecule has 4 aromatic rings. The number of rotatable bonds is 8.